The molecule has 1 atom stereocenters. The van der Waals surface area contributed by atoms with Gasteiger partial charge in [-0.1, -0.05) is 30.3 Å². The van der Waals surface area contributed by atoms with Crippen molar-refractivity contribution in [1.29, 1.82) is 0 Å². The van der Waals surface area contributed by atoms with Gasteiger partial charge in [-0.2, -0.15) is 0 Å². The molecule has 0 spiro atoms. The molecule has 0 bridgehead atoms. The summed E-state index contributed by atoms with van der Waals surface area (Å²) in [5.74, 6) is -3.37. The van der Waals surface area contributed by atoms with Crippen LogP contribution in [0.3, 0.4) is 0 Å². The monoisotopic (exact) mass is 327 g/mol. The van der Waals surface area contributed by atoms with Crippen molar-refractivity contribution in [3.63, 3.8) is 0 Å². The first-order valence-electron chi connectivity index (χ1n) is 7.19. The van der Waals surface area contributed by atoms with Gasteiger partial charge >= 0.3 is 5.97 Å². The van der Waals surface area contributed by atoms with Crippen molar-refractivity contribution in [2.75, 3.05) is 0 Å². The molecule has 0 radical (unpaired) electrons. The number of carbonyl (C=O) groups is 2. The summed E-state index contributed by atoms with van der Waals surface area (Å²) in [7, 11) is 0. The quantitative estimate of drug-likeness (QED) is 0.507. The minimum Gasteiger partial charge on any atom is -0.505 e. The van der Waals surface area contributed by atoms with E-state index in [2.05, 4.69) is 4.98 Å². The topological polar surface area (TPSA) is 90.4 Å². The maximum absolute atomic E-state index is 13.5. The summed E-state index contributed by atoms with van der Waals surface area (Å²) in [6.07, 6.45) is 1.36. The van der Waals surface area contributed by atoms with Crippen molar-refractivity contribution in [3.05, 3.63) is 65.6 Å². The number of aliphatic carboxylic acids is 1. The average molecular weight is 327 g/mol. The minimum absolute atomic E-state index is 0.161. The Bertz CT molecular complexity index is 948. The largest absolute Gasteiger partial charge is 0.505 e. The van der Waals surface area contributed by atoms with Crippen LogP contribution in [0.2, 0.25) is 0 Å². The summed E-state index contributed by atoms with van der Waals surface area (Å²) < 4.78 is 13.5. The molecular formula is C18H14FNO4. The van der Waals surface area contributed by atoms with Crippen LogP contribution in [0.25, 0.3) is 10.9 Å². The van der Waals surface area contributed by atoms with Crippen molar-refractivity contribution in [1.82, 2.24) is 4.98 Å². The van der Waals surface area contributed by atoms with Crippen LogP contribution >= 0.6 is 0 Å². The number of ketones is 1. The lowest BCUT2D eigenvalue weighted by atomic mass is 9.76. The lowest BCUT2D eigenvalue weighted by Gasteiger charge is -2.23. The number of phenolic OH excluding ortho intramolecular Hbond substituents is 1. The molecule has 3 aromatic rings. The zero-order valence-electron chi connectivity index (χ0n) is 12.7. The molecule has 0 aliphatic heterocycles. The van der Waals surface area contributed by atoms with E-state index in [9.17, 15) is 24.2 Å². The fourth-order valence-corrected chi connectivity index (χ4v) is 2.76. The van der Waals surface area contributed by atoms with E-state index >= 15 is 0 Å². The zero-order chi connectivity index (χ0) is 17.5. The molecule has 1 unspecified atom stereocenters. The van der Waals surface area contributed by atoms with E-state index in [4.69, 9.17) is 0 Å². The van der Waals surface area contributed by atoms with Gasteiger partial charge in [0, 0.05) is 34.3 Å². The Morgan fingerprint density at radius 3 is 2.46 bits per heavy atom. The minimum atomic E-state index is -1.89. The van der Waals surface area contributed by atoms with Gasteiger partial charge in [0.2, 0.25) is 0 Å². The van der Waals surface area contributed by atoms with Gasteiger partial charge < -0.3 is 15.2 Å². The van der Waals surface area contributed by atoms with E-state index in [1.165, 1.54) is 25.3 Å². The van der Waals surface area contributed by atoms with Gasteiger partial charge in [-0.3, -0.25) is 9.59 Å². The molecule has 5 nitrogen and oxygen atoms in total. The van der Waals surface area contributed by atoms with Crippen molar-refractivity contribution < 1.29 is 24.2 Å². The van der Waals surface area contributed by atoms with Gasteiger partial charge in [0.25, 0.3) is 0 Å². The lowest BCUT2D eigenvalue weighted by Crippen LogP contribution is -2.40. The van der Waals surface area contributed by atoms with Crippen LogP contribution in [0.5, 0.6) is 5.75 Å². The number of aromatic hydroxyl groups is 1. The predicted molar refractivity (Wildman–Crippen MR) is 85.7 cm³/mol. The van der Waals surface area contributed by atoms with E-state index in [0.29, 0.717) is 5.52 Å². The lowest BCUT2D eigenvalue weighted by molar-refractivity contribution is -0.141. The van der Waals surface area contributed by atoms with Gasteiger partial charge in [-0.25, -0.2) is 4.39 Å². The molecule has 122 valence electrons. The molecule has 3 N–H and O–H groups in total. The van der Waals surface area contributed by atoms with Gasteiger partial charge in [-0.05, 0) is 13.0 Å². The second-order valence-electron chi connectivity index (χ2n) is 5.68. The molecule has 0 fully saturated rings. The van der Waals surface area contributed by atoms with Crippen LogP contribution in [0.1, 0.15) is 22.8 Å². The fraction of sp³-hybridized carbons (Fsp3) is 0.111. The van der Waals surface area contributed by atoms with Crippen molar-refractivity contribution in [2.45, 2.75) is 12.3 Å². The highest BCUT2D eigenvalue weighted by molar-refractivity contribution is 6.18. The average Bonchev–Trinajstić information content (AvgIpc) is 2.97. The Morgan fingerprint density at radius 1 is 1.17 bits per heavy atom. The smallest absolute Gasteiger partial charge is 0.321 e. The number of hydrogen-bond acceptors (Lipinski definition) is 3. The number of fused-ring (bicyclic) bond motifs is 1. The Morgan fingerprint density at radius 2 is 1.83 bits per heavy atom. The first-order chi connectivity index (χ1) is 11.4. The van der Waals surface area contributed by atoms with E-state index in [0.717, 1.165) is 12.1 Å². The van der Waals surface area contributed by atoms with E-state index < -0.39 is 28.7 Å². The molecule has 24 heavy (non-hydrogen) atoms. The van der Waals surface area contributed by atoms with Crippen molar-refractivity contribution in [2.24, 2.45) is 0 Å². The standard InChI is InChI=1S/C18H14FNO4/c1-18(17(23)24,16(22)10-5-3-2-4-6-10)12-9-20-14-8-13(19)15(21)7-11(12)14/h2-9,20-21H,1H3,(H,23,24). The predicted octanol–water partition coefficient (Wildman–Crippen LogP) is 3.24. The van der Waals surface area contributed by atoms with Gasteiger partial charge in [0.05, 0.1) is 0 Å². The Balaban J connectivity index is 2.24. The van der Waals surface area contributed by atoms with Crippen LogP contribution in [0.4, 0.5) is 4.39 Å². The molecule has 2 aromatic carbocycles. The third-order valence-corrected chi connectivity index (χ3v) is 4.21. The molecule has 0 aliphatic carbocycles. The number of rotatable bonds is 4. The number of carboxylic acids is 1. The molecule has 0 aliphatic rings. The summed E-state index contributed by atoms with van der Waals surface area (Å²) in [6.45, 7) is 1.30. The van der Waals surface area contributed by atoms with Crippen LogP contribution in [-0.4, -0.2) is 26.9 Å². The highest BCUT2D eigenvalue weighted by Gasteiger charge is 2.45. The molecule has 0 saturated carbocycles. The molecule has 3 rings (SSSR count). The molecular weight excluding hydrogens is 313 g/mol. The maximum atomic E-state index is 13.5. The summed E-state index contributed by atoms with van der Waals surface area (Å²) >= 11 is 0. The third-order valence-electron chi connectivity index (χ3n) is 4.21. The van der Waals surface area contributed by atoms with E-state index in [1.807, 2.05) is 0 Å². The molecule has 1 aromatic heterocycles. The number of aromatic amines is 1. The normalized spacial score (nSPS) is 13.6. The second-order valence-corrected chi connectivity index (χ2v) is 5.68. The highest BCUT2D eigenvalue weighted by atomic mass is 19.1. The SMILES string of the molecule is CC(C(=O)O)(C(=O)c1ccccc1)c1c[nH]c2cc(F)c(O)cc12. The van der Waals surface area contributed by atoms with Gasteiger partial charge in [-0.15, -0.1) is 0 Å². The molecule has 0 saturated heterocycles. The maximum Gasteiger partial charge on any atom is 0.321 e. The fourth-order valence-electron chi connectivity index (χ4n) is 2.76. The number of nitrogens with one attached hydrogen (secondary N) is 1. The summed E-state index contributed by atoms with van der Waals surface area (Å²) in [6, 6.07) is 10.3. The Hall–Kier alpha value is -3.15. The number of halogens is 1. The Kier molecular flexibility index (Phi) is 3.60. The van der Waals surface area contributed by atoms with Gasteiger partial charge in [0.15, 0.2) is 22.8 Å². The summed E-state index contributed by atoms with van der Waals surface area (Å²) in [4.78, 5) is 27.6. The van der Waals surface area contributed by atoms with Crippen molar-refractivity contribution in [3.8, 4) is 5.75 Å². The van der Waals surface area contributed by atoms with Crippen molar-refractivity contribution >= 4 is 22.7 Å². The first-order valence-corrected chi connectivity index (χ1v) is 7.19. The number of carboxylic acid groups (broad SMARTS) is 1. The van der Waals surface area contributed by atoms with Gasteiger partial charge in [0.1, 0.15) is 0 Å². The number of benzene rings is 2. The zero-order valence-corrected chi connectivity index (χ0v) is 12.7. The van der Waals surface area contributed by atoms with Crippen LogP contribution in [-0.2, 0) is 10.2 Å². The number of hydrogen-bond donors (Lipinski definition) is 3. The van der Waals surface area contributed by atoms with E-state index in [1.54, 1.807) is 18.2 Å². The number of carbonyl (C=O) groups excluding carboxylic acids is 1. The number of Topliss-reactive ketones (excluding diaryl/α,β-unsaturated/α-hetero) is 1. The highest BCUT2D eigenvalue weighted by Crippen LogP contribution is 2.36. The number of aromatic nitrogens is 1. The molecule has 6 heteroatoms. The Labute approximate surface area is 136 Å². The second kappa shape index (κ2) is 5.49. The third kappa shape index (κ3) is 2.23. The first kappa shape index (κ1) is 15.7. The van der Waals surface area contributed by atoms with Crippen LogP contribution in [0.15, 0.2) is 48.7 Å². The van der Waals surface area contributed by atoms with Crippen LogP contribution in [0, 0.1) is 5.82 Å². The van der Waals surface area contributed by atoms with E-state index in [-0.39, 0.29) is 16.5 Å². The van der Waals surface area contributed by atoms with Crippen LogP contribution < -0.4 is 0 Å². The number of phenols is 1. The molecule has 1 heterocycles. The molecule has 0 amide bonds. The summed E-state index contributed by atoms with van der Waals surface area (Å²) in [5, 5.41) is 19.6. The number of H-pyrrole nitrogens is 1. The summed E-state index contributed by atoms with van der Waals surface area (Å²) in [5.41, 5.74) is -1.17.